The maximum absolute atomic E-state index is 12.7. The topological polar surface area (TPSA) is 88.2 Å². The second-order valence-corrected chi connectivity index (χ2v) is 11.0. The Morgan fingerprint density at radius 3 is 2.53 bits per heavy atom. The normalized spacial score (nSPS) is 18.7. The molecule has 1 atom stereocenters. The molecule has 9 heteroatoms. The third-order valence-corrected chi connectivity index (χ3v) is 6.40. The Morgan fingerprint density at radius 1 is 1.11 bits per heavy atom. The maximum atomic E-state index is 12.7. The number of rotatable bonds is 5. The molecule has 0 bridgehead atoms. The molecular weight excluding hydrogens is 454 g/mol. The van der Waals surface area contributed by atoms with Crippen LogP contribution in [0.15, 0.2) is 35.3 Å². The lowest BCUT2D eigenvalue weighted by Crippen LogP contribution is -2.42. The van der Waals surface area contributed by atoms with Crippen LogP contribution in [0.25, 0.3) is 16.9 Å². The van der Waals surface area contributed by atoms with E-state index in [0.29, 0.717) is 25.0 Å². The fourth-order valence-electron chi connectivity index (χ4n) is 4.62. The van der Waals surface area contributed by atoms with Crippen molar-refractivity contribution in [1.82, 2.24) is 29.4 Å². The molecule has 2 fully saturated rings. The molecule has 2 aromatic heterocycles. The number of hydrogen-bond acceptors (Lipinski definition) is 6. The van der Waals surface area contributed by atoms with Crippen molar-refractivity contribution in [1.29, 1.82) is 0 Å². The van der Waals surface area contributed by atoms with Crippen LogP contribution in [0.3, 0.4) is 0 Å². The van der Waals surface area contributed by atoms with Crippen molar-refractivity contribution in [3.63, 3.8) is 0 Å². The summed E-state index contributed by atoms with van der Waals surface area (Å²) < 4.78 is 7.42. The first-order valence-electron chi connectivity index (χ1n) is 12.7. The van der Waals surface area contributed by atoms with E-state index in [1.165, 1.54) is 0 Å². The number of aromatic nitrogens is 4. The Labute approximate surface area is 212 Å². The van der Waals surface area contributed by atoms with E-state index in [0.717, 1.165) is 54.0 Å². The SMILES string of the molecule is CN(C)/C=N/c1nc(-c2ccccc2)c(C2CC2)c2nc([C@@H]3CCCN(C(=O)OC(C)(C)C)C3)nn12. The molecule has 1 saturated heterocycles. The van der Waals surface area contributed by atoms with E-state index in [2.05, 4.69) is 17.1 Å². The number of carbonyl (C=O) groups is 1. The number of amides is 1. The van der Waals surface area contributed by atoms with Gasteiger partial charge in [-0.2, -0.15) is 4.52 Å². The van der Waals surface area contributed by atoms with Gasteiger partial charge in [-0.25, -0.2) is 19.8 Å². The highest BCUT2D eigenvalue weighted by Crippen LogP contribution is 2.46. The number of fused-ring (bicyclic) bond motifs is 1. The van der Waals surface area contributed by atoms with Gasteiger partial charge in [0, 0.05) is 44.2 Å². The molecule has 2 aliphatic rings. The van der Waals surface area contributed by atoms with Crippen LogP contribution in [0.4, 0.5) is 10.7 Å². The summed E-state index contributed by atoms with van der Waals surface area (Å²) in [6.45, 7) is 6.90. The smallest absolute Gasteiger partial charge is 0.410 e. The zero-order valence-corrected chi connectivity index (χ0v) is 21.8. The van der Waals surface area contributed by atoms with Crippen LogP contribution in [-0.4, -0.2) is 74.6 Å². The van der Waals surface area contributed by atoms with Crippen molar-refractivity contribution < 1.29 is 9.53 Å². The van der Waals surface area contributed by atoms with Gasteiger partial charge in [-0.1, -0.05) is 30.3 Å². The highest BCUT2D eigenvalue weighted by molar-refractivity contribution is 5.74. The van der Waals surface area contributed by atoms with Crippen molar-refractivity contribution >= 4 is 24.0 Å². The van der Waals surface area contributed by atoms with Crippen molar-refractivity contribution in [3.8, 4) is 11.3 Å². The number of nitrogens with zero attached hydrogens (tertiary/aromatic N) is 7. The van der Waals surface area contributed by atoms with Crippen LogP contribution in [0.1, 0.15) is 69.7 Å². The van der Waals surface area contributed by atoms with Gasteiger partial charge in [-0.05, 0) is 52.4 Å². The summed E-state index contributed by atoms with van der Waals surface area (Å²) in [7, 11) is 3.86. The van der Waals surface area contributed by atoms with Crippen molar-refractivity contribution in [2.24, 2.45) is 4.99 Å². The fourth-order valence-corrected chi connectivity index (χ4v) is 4.62. The van der Waals surface area contributed by atoms with Gasteiger partial charge in [0.2, 0.25) is 0 Å². The Balaban J connectivity index is 1.57. The van der Waals surface area contributed by atoms with E-state index in [4.69, 9.17) is 19.8 Å². The van der Waals surface area contributed by atoms with E-state index in [1.807, 2.05) is 58.0 Å². The second kappa shape index (κ2) is 9.52. The van der Waals surface area contributed by atoms with Crippen LogP contribution in [0.2, 0.25) is 0 Å². The standard InChI is InChI=1S/C27H35N7O2/c1-27(2,3)36-26(35)33-15-9-12-20(16-33)23-30-24-21(18-13-14-18)22(19-10-7-6-8-11-19)29-25(34(24)31-23)28-17-32(4)5/h6-8,10-11,17-18,20H,9,12-16H2,1-5H3/b28-17+/t20-/m1/s1. The highest BCUT2D eigenvalue weighted by atomic mass is 16.6. The molecule has 36 heavy (non-hydrogen) atoms. The van der Waals surface area contributed by atoms with Crippen LogP contribution >= 0.6 is 0 Å². The third-order valence-electron chi connectivity index (χ3n) is 6.40. The maximum Gasteiger partial charge on any atom is 0.410 e. The number of ether oxygens (including phenoxy) is 1. The van der Waals surface area contributed by atoms with Crippen molar-refractivity contribution in [2.75, 3.05) is 27.2 Å². The molecule has 0 unspecified atom stereocenters. The number of benzene rings is 1. The largest absolute Gasteiger partial charge is 0.444 e. The van der Waals surface area contributed by atoms with Gasteiger partial charge in [0.15, 0.2) is 11.5 Å². The molecule has 3 aromatic rings. The summed E-state index contributed by atoms with van der Waals surface area (Å²) >= 11 is 0. The average molecular weight is 490 g/mol. The molecule has 0 radical (unpaired) electrons. The van der Waals surface area contributed by atoms with Crippen molar-refractivity contribution in [3.05, 3.63) is 41.7 Å². The number of carbonyl (C=O) groups excluding carboxylic acids is 1. The zero-order valence-electron chi connectivity index (χ0n) is 21.8. The summed E-state index contributed by atoms with van der Waals surface area (Å²) in [6.07, 6.45) is 5.50. The van der Waals surface area contributed by atoms with Gasteiger partial charge in [0.1, 0.15) is 5.60 Å². The van der Waals surface area contributed by atoms with Crippen LogP contribution in [0, 0.1) is 0 Å². The van der Waals surface area contributed by atoms with Gasteiger partial charge in [-0.3, -0.25) is 0 Å². The number of hydrogen-bond donors (Lipinski definition) is 0. The van der Waals surface area contributed by atoms with E-state index < -0.39 is 5.60 Å². The Kier molecular flexibility index (Phi) is 6.40. The molecule has 3 heterocycles. The summed E-state index contributed by atoms with van der Waals surface area (Å²) in [5.41, 5.74) is 3.42. The van der Waals surface area contributed by atoms with Gasteiger partial charge < -0.3 is 14.5 Å². The molecule has 1 aromatic carbocycles. The average Bonchev–Trinajstić information content (AvgIpc) is 3.58. The zero-order chi connectivity index (χ0) is 25.4. The summed E-state index contributed by atoms with van der Waals surface area (Å²) in [5.74, 6) is 1.69. The molecule has 5 rings (SSSR count). The molecule has 9 nitrogen and oxygen atoms in total. The molecule has 0 spiro atoms. The molecular formula is C27H35N7O2. The summed E-state index contributed by atoms with van der Waals surface area (Å²) in [4.78, 5) is 31.1. The quantitative estimate of drug-likeness (QED) is 0.370. The monoisotopic (exact) mass is 489 g/mol. The van der Waals surface area contributed by atoms with E-state index in [9.17, 15) is 4.79 Å². The van der Waals surface area contributed by atoms with Crippen LogP contribution in [-0.2, 0) is 4.74 Å². The molecule has 1 saturated carbocycles. The predicted octanol–water partition coefficient (Wildman–Crippen LogP) is 5.00. The van der Waals surface area contributed by atoms with Gasteiger partial charge in [0.05, 0.1) is 12.0 Å². The predicted molar refractivity (Wildman–Crippen MR) is 140 cm³/mol. The summed E-state index contributed by atoms with van der Waals surface area (Å²) in [6, 6.07) is 10.2. The number of aliphatic imine (C=N–C) groups is 1. The van der Waals surface area contributed by atoms with Crippen molar-refractivity contribution in [2.45, 2.75) is 63.9 Å². The molecule has 190 valence electrons. The van der Waals surface area contributed by atoms with Gasteiger partial charge >= 0.3 is 6.09 Å². The van der Waals surface area contributed by atoms with Gasteiger partial charge in [0.25, 0.3) is 5.95 Å². The van der Waals surface area contributed by atoms with Crippen LogP contribution < -0.4 is 0 Å². The second-order valence-electron chi connectivity index (χ2n) is 11.0. The first kappa shape index (κ1) is 24.2. The van der Waals surface area contributed by atoms with E-state index in [1.54, 1.807) is 15.8 Å². The minimum absolute atomic E-state index is 0.0316. The Hall–Kier alpha value is -3.49. The minimum Gasteiger partial charge on any atom is -0.444 e. The first-order chi connectivity index (χ1) is 17.2. The van der Waals surface area contributed by atoms with E-state index in [-0.39, 0.29) is 12.0 Å². The molecule has 1 aliphatic carbocycles. The first-order valence-corrected chi connectivity index (χ1v) is 12.7. The third kappa shape index (κ3) is 5.20. The lowest BCUT2D eigenvalue weighted by atomic mass is 9.97. The Bertz CT molecular complexity index is 1270. The minimum atomic E-state index is -0.524. The highest BCUT2D eigenvalue weighted by Gasteiger charge is 2.34. The summed E-state index contributed by atoms with van der Waals surface area (Å²) in [5, 5.41) is 4.92. The number of piperidine rings is 1. The van der Waals surface area contributed by atoms with E-state index >= 15 is 0 Å². The molecule has 0 N–H and O–H groups in total. The Morgan fingerprint density at radius 2 is 1.86 bits per heavy atom. The lowest BCUT2D eigenvalue weighted by molar-refractivity contribution is 0.0196. The number of likely N-dealkylation sites (tertiary alicyclic amines) is 1. The van der Waals surface area contributed by atoms with Crippen LogP contribution in [0.5, 0.6) is 0 Å². The van der Waals surface area contributed by atoms with Gasteiger partial charge in [-0.15, -0.1) is 5.10 Å². The molecule has 1 amide bonds. The lowest BCUT2D eigenvalue weighted by Gasteiger charge is -2.33. The molecule has 1 aliphatic heterocycles. The fraction of sp³-hybridized carbons (Fsp3) is 0.519.